The summed E-state index contributed by atoms with van der Waals surface area (Å²) >= 11 is 0. The van der Waals surface area contributed by atoms with Crippen molar-refractivity contribution in [3.8, 4) is 0 Å². The molecule has 2 N–H and O–H groups in total. The van der Waals surface area contributed by atoms with Gasteiger partial charge in [0.15, 0.2) is 0 Å². The molecule has 0 bridgehead atoms. The van der Waals surface area contributed by atoms with Crippen LogP contribution in [-0.4, -0.2) is 34.7 Å². The number of nitrogens with one attached hydrogen (secondary N) is 2. The topological polar surface area (TPSA) is 70.7 Å². The number of benzene rings is 3. The first-order valence-electron chi connectivity index (χ1n) is 10.4. The quantitative estimate of drug-likeness (QED) is 0.563. The highest BCUT2D eigenvalue weighted by molar-refractivity contribution is 7.92. The van der Waals surface area contributed by atoms with Crippen molar-refractivity contribution in [2.45, 2.75) is 18.0 Å². The van der Waals surface area contributed by atoms with Gasteiger partial charge in [0.05, 0.1) is 23.8 Å². The largest absolute Gasteiger partial charge is 0.378 e. The summed E-state index contributed by atoms with van der Waals surface area (Å²) in [5.74, 6) is 0. The van der Waals surface area contributed by atoms with Gasteiger partial charge in [0.2, 0.25) is 0 Å². The number of anilines is 2. The molecular formula is C24H27N3O3S. The molecule has 31 heavy (non-hydrogen) atoms. The number of rotatable bonds is 8. The molecule has 6 nitrogen and oxygen atoms in total. The van der Waals surface area contributed by atoms with Crippen LogP contribution < -0.4 is 14.9 Å². The van der Waals surface area contributed by atoms with E-state index in [9.17, 15) is 8.42 Å². The highest BCUT2D eigenvalue weighted by Gasteiger charge is 2.15. The summed E-state index contributed by atoms with van der Waals surface area (Å²) in [4.78, 5) is 2.58. The summed E-state index contributed by atoms with van der Waals surface area (Å²) in [5, 5.41) is 3.41. The summed E-state index contributed by atoms with van der Waals surface area (Å²) in [6.07, 6.45) is 0. The lowest BCUT2D eigenvalue weighted by molar-refractivity contribution is 0.122. The molecular weight excluding hydrogens is 410 g/mol. The van der Waals surface area contributed by atoms with Crippen LogP contribution in [0.2, 0.25) is 0 Å². The van der Waals surface area contributed by atoms with Crippen molar-refractivity contribution >= 4 is 21.4 Å². The molecule has 0 spiro atoms. The second-order valence-corrected chi connectivity index (χ2v) is 9.13. The predicted octanol–water partition coefficient (Wildman–Crippen LogP) is 3.61. The van der Waals surface area contributed by atoms with Gasteiger partial charge in [0, 0.05) is 31.9 Å². The zero-order chi connectivity index (χ0) is 21.5. The molecule has 1 aliphatic rings. The number of morpholine rings is 1. The minimum absolute atomic E-state index is 0.248. The summed E-state index contributed by atoms with van der Waals surface area (Å²) in [6.45, 7) is 4.65. The number of hydrogen-bond donors (Lipinski definition) is 2. The van der Waals surface area contributed by atoms with Gasteiger partial charge in [-0.1, -0.05) is 48.5 Å². The van der Waals surface area contributed by atoms with Gasteiger partial charge in [-0.2, -0.15) is 0 Å². The van der Waals surface area contributed by atoms with Crippen LogP contribution in [0.5, 0.6) is 0 Å². The van der Waals surface area contributed by atoms with Crippen LogP contribution in [0.15, 0.2) is 83.8 Å². The zero-order valence-electron chi connectivity index (χ0n) is 17.3. The van der Waals surface area contributed by atoms with E-state index in [-0.39, 0.29) is 4.90 Å². The van der Waals surface area contributed by atoms with Gasteiger partial charge >= 0.3 is 0 Å². The normalized spacial score (nSPS) is 14.4. The van der Waals surface area contributed by atoms with Crippen LogP contribution >= 0.6 is 0 Å². The van der Waals surface area contributed by atoms with Gasteiger partial charge in [-0.15, -0.1) is 0 Å². The molecule has 4 rings (SSSR count). The first-order chi connectivity index (χ1) is 15.1. The van der Waals surface area contributed by atoms with Crippen molar-refractivity contribution in [3.05, 3.63) is 90.0 Å². The highest BCUT2D eigenvalue weighted by Crippen LogP contribution is 2.21. The third-order valence-electron chi connectivity index (χ3n) is 5.27. The van der Waals surface area contributed by atoms with Gasteiger partial charge in [-0.25, -0.2) is 8.42 Å². The fourth-order valence-corrected chi connectivity index (χ4v) is 4.69. The molecule has 1 heterocycles. The summed E-state index contributed by atoms with van der Waals surface area (Å²) in [7, 11) is -3.62. The summed E-state index contributed by atoms with van der Waals surface area (Å²) in [5.41, 5.74) is 3.88. The summed E-state index contributed by atoms with van der Waals surface area (Å²) < 4.78 is 33.5. The van der Waals surface area contributed by atoms with Gasteiger partial charge in [0.1, 0.15) is 0 Å². The van der Waals surface area contributed by atoms with Gasteiger partial charge < -0.3 is 15.0 Å². The van der Waals surface area contributed by atoms with E-state index in [1.807, 2.05) is 18.2 Å². The maximum Gasteiger partial charge on any atom is 0.261 e. The molecule has 0 aromatic heterocycles. The van der Waals surface area contributed by atoms with E-state index < -0.39 is 10.0 Å². The monoisotopic (exact) mass is 437 g/mol. The van der Waals surface area contributed by atoms with Gasteiger partial charge in [0.25, 0.3) is 10.0 Å². The van der Waals surface area contributed by atoms with E-state index in [1.54, 1.807) is 36.4 Å². The number of ether oxygens (including phenoxy) is 1. The molecule has 1 saturated heterocycles. The Labute approximate surface area is 183 Å². The van der Waals surface area contributed by atoms with Crippen LogP contribution in [0.25, 0.3) is 0 Å². The lowest BCUT2D eigenvalue weighted by atomic mass is 10.1. The third-order valence-corrected chi connectivity index (χ3v) is 6.65. The minimum Gasteiger partial charge on any atom is -0.378 e. The first-order valence-corrected chi connectivity index (χ1v) is 11.9. The van der Waals surface area contributed by atoms with E-state index in [2.05, 4.69) is 39.2 Å². The molecule has 7 heteroatoms. The van der Waals surface area contributed by atoms with E-state index in [0.29, 0.717) is 18.8 Å². The third kappa shape index (κ3) is 5.64. The van der Waals surface area contributed by atoms with E-state index in [4.69, 9.17) is 4.74 Å². The number of sulfonamides is 1. The Kier molecular flexibility index (Phi) is 6.86. The number of hydrogen-bond acceptors (Lipinski definition) is 5. The molecule has 162 valence electrons. The van der Waals surface area contributed by atoms with Crippen molar-refractivity contribution in [2.24, 2.45) is 0 Å². The van der Waals surface area contributed by atoms with Crippen LogP contribution in [0.4, 0.5) is 11.4 Å². The number of nitrogens with zero attached hydrogens (tertiary/aromatic N) is 1. The van der Waals surface area contributed by atoms with Crippen molar-refractivity contribution in [3.63, 3.8) is 0 Å². The molecule has 1 fully saturated rings. The van der Waals surface area contributed by atoms with Crippen molar-refractivity contribution in [2.75, 3.05) is 35.9 Å². The Morgan fingerprint density at radius 2 is 1.48 bits per heavy atom. The molecule has 0 aliphatic carbocycles. The minimum atomic E-state index is -3.62. The zero-order valence-corrected chi connectivity index (χ0v) is 18.1. The Bertz CT molecular complexity index is 1080. The second kappa shape index (κ2) is 9.96. The molecule has 3 aromatic rings. The average Bonchev–Trinajstić information content (AvgIpc) is 2.82. The van der Waals surface area contributed by atoms with E-state index >= 15 is 0 Å². The fourth-order valence-electron chi connectivity index (χ4n) is 3.57. The molecule has 0 atom stereocenters. The maximum atomic E-state index is 12.7. The summed E-state index contributed by atoms with van der Waals surface area (Å²) in [6, 6.07) is 24.4. The van der Waals surface area contributed by atoms with Crippen LogP contribution in [0.1, 0.15) is 11.1 Å². The lowest BCUT2D eigenvalue weighted by Crippen LogP contribution is -2.36. The van der Waals surface area contributed by atoms with E-state index in [0.717, 1.165) is 31.9 Å². The Morgan fingerprint density at radius 3 is 2.23 bits per heavy atom. The van der Waals surface area contributed by atoms with Crippen LogP contribution in [-0.2, 0) is 27.8 Å². The molecule has 0 saturated carbocycles. The van der Waals surface area contributed by atoms with Crippen molar-refractivity contribution in [1.29, 1.82) is 0 Å². The fraction of sp³-hybridized carbons (Fsp3) is 0.250. The smallest absolute Gasteiger partial charge is 0.261 e. The molecule has 0 radical (unpaired) electrons. The van der Waals surface area contributed by atoms with E-state index in [1.165, 1.54) is 11.3 Å². The average molecular weight is 438 g/mol. The Balaban J connectivity index is 1.36. The molecule has 1 aliphatic heterocycles. The standard InChI is InChI=1S/C24H27N3O3S/c28-31(29,23-7-2-1-3-8-23)26-24-9-5-4-6-21(24)19-25-18-20-10-12-22(13-11-20)27-14-16-30-17-15-27/h1-13,25-26H,14-19H2. The Hall–Kier alpha value is -2.87. The number of para-hydroxylation sites is 1. The second-order valence-electron chi connectivity index (χ2n) is 7.45. The molecule has 0 amide bonds. The van der Waals surface area contributed by atoms with Crippen molar-refractivity contribution in [1.82, 2.24) is 5.32 Å². The van der Waals surface area contributed by atoms with Crippen molar-refractivity contribution < 1.29 is 13.2 Å². The Morgan fingerprint density at radius 1 is 0.806 bits per heavy atom. The lowest BCUT2D eigenvalue weighted by Gasteiger charge is -2.28. The SMILES string of the molecule is O=S(=O)(Nc1ccccc1CNCc1ccc(N2CCOCC2)cc1)c1ccccc1. The van der Waals surface area contributed by atoms with Crippen LogP contribution in [0.3, 0.4) is 0 Å². The van der Waals surface area contributed by atoms with Crippen LogP contribution in [0, 0.1) is 0 Å². The predicted molar refractivity (Wildman–Crippen MR) is 124 cm³/mol. The molecule has 3 aromatic carbocycles. The molecule has 0 unspecified atom stereocenters. The highest BCUT2D eigenvalue weighted by atomic mass is 32.2. The first kappa shape index (κ1) is 21.4. The maximum absolute atomic E-state index is 12.7. The van der Waals surface area contributed by atoms with Gasteiger partial charge in [-0.3, -0.25) is 4.72 Å². The van der Waals surface area contributed by atoms with Gasteiger partial charge in [-0.05, 0) is 41.5 Å².